The normalized spacial score (nSPS) is 9.92. The van der Waals surface area contributed by atoms with E-state index in [2.05, 4.69) is 0 Å². The van der Waals surface area contributed by atoms with Crippen LogP contribution in [0.2, 0.25) is 0 Å². The van der Waals surface area contributed by atoms with Crippen LogP contribution in [0.3, 0.4) is 0 Å². The van der Waals surface area contributed by atoms with Gasteiger partial charge in [-0.15, -0.1) is 0 Å². The van der Waals surface area contributed by atoms with Crippen molar-refractivity contribution in [2.24, 2.45) is 0 Å². The Hall–Kier alpha value is -1.31. The first-order valence-corrected chi connectivity index (χ1v) is 3.83. The summed E-state index contributed by atoms with van der Waals surface area (Å²) in [7, 11) is 0. The van der Waals surface area contributed by atoms with Crippen LogP contribution in [0, 0.1) is 13.8 Å². The first-order chi connectivity index (χ1) is 5.52. The molecule has 0 aliphatic rings. The first kappa shape index (κ1) is 8.78. The first-order valence-electron chi connectivity index (χ1n) is 3.83. The van der Waals surface area contributed by atoms with E-state index in [0.717, 1.165) is 11.1 Å². The molecule has 1 N–H and O–H groups in total. The minimum atomic E-state index is -0.101. The van der Waals surface area contributed by atoms with Crippen molar-refractivity contribution in [1.82, 2.24) is 0 Å². The standard InChI is InChI=1S/C10H12O2/c1-6-4-9(8(3)11)10(12)5-7(6)2/h4-5,12H,1-3H3. The predicted molar refractivity (Wildman–Crippen MR) is 47.6 cm³/mol. The number of Topliss-reactive ketones (excluding diaryl/α,β-unsaturated/α-hetero) is 1. The van der Waals surface area contributed by atoms with E-state index in [0.29, 0.717) is 5.56 Å². The second-order valence-electron chi connectivity index (χ2n) is 3.01. The van der Waals surface area contributed by atoms with Gasteiger partial charge >= 0.3 is 0 Å². The van der Waals surface area contributed by atoms with Gasteiger partial charge in [0.15, 0.2) is 5.78 Å². The Morgan fingerprint density at radius 2 is 1.75 bits per heavy atom. The molecule has 0 heterocycles. The molecule has 0 fully saturated rings. The second kappa shape index (κ2) is 2.97. The Morgan fingerprint density at radius 3 is 2.25 bits per heavy atom. The highest BCUT2D eigenvalue weighted by atomic mass is 16.3. The van der Waals surface area contributed by atoms with Crippen LogP contribution >= 0.6 is 0 Å². The number of phenols is 1. The maximum absolute atomic E-state index is 11.0. The van der Waals surface area contributed by atoms with Crippen molar-refractivity contribution < 1.29 is 9.90 Å². The van der Waals surface area contributed by atoms with Crippen LogP contribution in [0.15, 0.2) is 12.1 Å². The van der Waals surface area contributed by atoms with Gasteiger partial charge in [0.05, 0.1) is 5.56 Å². The van der Waals surface area contributed by atoms with Gasteiger partial charge in [0.1, 0.15) is 5.75 Å². The molecule has 0 saturated carbocycles. The number of benzene rings is 1. The SMILES string of the molecule is CC(=O)c1cc(C)c(C)cc1O. The molecular formula is C10H12O2. The van der Waals surface area contributed by atoms with Crippen LogP contribution in [-0.4, -0.2) is 10.9 Å². The summed E-state index contributed by atoms with van der Waals surface area (Å²) in [6.45, 7) is 5.27. The summed E-state index contributed by atoms with van der Waals surface area (Å²) in [5.74, 6) is -0.0267. The van der Waals surface area contributed by atoms with Gasteiger partial charge in [-0.05, 0) is 44.0 Å². The van der Waals surface area contributed by atoms with Crippen LogP contribution in [0.25, 0.3) is 0 Å². The van der Waals surface area contributed by atoms with E-state index in [1.54, 1.807) is 12.1 Å². The Morgan fingerprint density at radius 1 is 1.25 bits per heavy atom. The van der Waals surface area contributed by atoms with Crippen LogP contribution in [0.5, 0.6) is 5.75 Å². The largest absolute Gasteiger partial charge is 0.507 e. The molecule has 64 valence electrons. The van der Waals surface area contributed by atoms with Gasteiger partial charge in [-0.1, -0.05) is 0 Å². The fraction of sp³-hybridized carbons (Fsp3) is 0.300. The molecule has 0 saturated heterocycles. The van der Waals surface area contributed by atoms with Crippen molar-refractivity contribution in [2.75, 3.05) is 0 Å². The number of ketones is 1. The van der Waals surface area contributed by atoms with Crippen molar-refractivity contribution in [3.05, 3.63) is 28.8 Å². The summed E-state index contributed by atoms with van der Waals surface area (Å²) in [5, 5.41) is 9.37. The number of aryl methyl sites for hydroxylation is 2. The molecule has 0 spiro atoms. The Kier molecular flexibility index (Phi) is 2.18. The van der Waals surface area contributed by atoms with Crippen molar-refractivity contribution in [1.29, 1.82) is 0 Å². The minimum Gasteiger partial charge on any atom is -0.507 e. The van der Waals surface area contributed by atoms with Gasteiger partial charge in [-0.3, -0.25) is 4.79 Å². The molecule has 2 heteroatoms. The summed E-state index contributed by atoms with van der Waals surface area (Å²) in [6.07, 6.45) is 0. The lowest BCUT2D eigenvalue weighted by Gasteiger charge is -2.04. The fourth-order valence-electron chi connectivity index (χ4n) is 1.08. The molecule has 1 aromatic carbocycles. The van der Waals surface area contributed by atoms with Gasteiger partial charge in [0.25, 0.3) is 0 Å². The third-order valence-electron chi connectivity index (χ3n) is 1.99. The average molecular weight is 164 g/mol. The van der Waals surface area contributed by atoms with Gasteiger partial charge in [0, 0.05) is 0 Å². The lowest BCUT2D eigenvalue weighted by atomic mass is 10.0. The molecule has 0 radical (unpaired) electrons. The van der Waals surface area contributed by atoms with Crippen molar-refractivity contribution in [2.45, 2.75) is 20.8 Å². The maximum atomic E-state index is 11.0. The average Bonchev–Trinajstić information content (AvgIpc) is 1.96. The highest BCUT2D eigenvalue weighted by molar-refractivity contribution is 5.97. The quantitative estimate of drug-likeness (QED) is 0.646. The van der Waals surface area contributed by atoms with E-state index >= 15 is 0 Å². The van der Waals surface area contributed by atoms with E-state index in [1.807, 2.05) is 13.8 Å². The minimum absolute atomic E-state index is 0.0746. The van der Waals surface area contributed by atoms with E-state index in [4.69, 9.17) is 0 Å². The summed E-state index contributed by atoms with van der Waals surface area (Å²) in [6, 6.07) is 3.33. The number of phenolic OH excluding ortho intramolecular Hbond substituents is 1. The Bertz CT molecular complexity index is 327. The smallest absolute Gasteiger partial charge is 0.163 e. The van der Waals surface area contributed by atoms with E-state index < -0.39 is 0 Å². The van der Waals surface area contributed by atoms with Gasteiger partial charge < -0.3 is 5.11 Å². The van der Waals surface area contributed by atoms with Gasteiger partial charge in [0.2, 0.25) is 0 Å². The summed E-state index contributed by atoms with van der Waals surface area (Å²) in [4.78, 5) is 11.0. The Balaban J connectivity index is 3.33. The molecule has 2 nitrogen and oxygen atoms in total. The van der Waals surface area contributed by atoms with Gasteiger partial charge in [-0.2, -0.15) is 0 Å². The fourth-order valence-corrected chi connectivity index (χ4v) is 1.08. The molecule has 0 aliphatic heterocycles. The molecule has 0 bridgehead atoms. The van der Waals surface area contributed by atoms with E-state index in [-0.39, 0.29) is 11.5 Å². The maximum Gasteiger partial charge on any atom is 0.163 e. The summed E-state index contributed by atoms with van der Waals surface area (Å²) in [5.41, 5.74) is 2.42. The van der Waals surface area contributed by atoms with Crippen LogP contribution < -0.4 is 0 Å². The molecule has 12 heavy (non-hydrogen) atoms. The van der Waals surface area contributed by atoms with Crippen LogP contribution in [-0.2, 0) is 0 Å². The lowest BCUT2D eigenvalue weighted by molar-refractivity contribution is 0.101. The molecular weight excluding hydrogens is 152 g/mol. The lowest BCUT2D eigenvalue weighted by Crippen LogP contribution is -1.94. The zero-order valence-corrected chi connectivity index (χ0v) is 7.51. The number of aromatic hydroxyl groups is 1. The highest BCUT2D eigenvalue weighted by Crippen LogP contribution is 2.21. The molecule has 0 unspecified atom stereocenters. The second-order valence-corrected chi connectivity index (χ2v) is 3.01. The molecule has 0 atom stereocenters. The number of rotatable bonds is 1. The monoisotopic (exact) mass is 164 g/mol. The summed E-state index contributed by atoms with van der Waals surface area (Å²) >= 11 is 0. The van der Waals surface area contributed by atoms with Crippen molar-refractivity contribution >= 4 is 5.78 Å². The van der Waals surface area contributed by atoms with E-state index in [1.165, 1.54) is 6.92 Å². The summed E-state index contributed by atoms with van der Waals surface area (Å²) < 4.78 is 0. The third-order valence-corrected chi connectivity index (χ3v) is 1.99. The number of carbonyl (C=O) groups excluding carboxylic acids is 1. The zero-order valence-electron chi connectivity index (χ0n) is 7.51. The Labute approximate surface area is 71.8 Å². The highest BCUT2D eigenvalue weighted by Gasteiger charge is 2.07. The molecule has 0 aliphatic carbocycles. The van der Waals surface area contributed by atoms with Crippen molar-refractivity contribution in [3.63, 3.8) is 0 Å². The van der Waals surface area contributed by atoms with Gasteiger partial charge in [-0.25, -0.2) is 0 Å². The molecule has 0 aromatic heterocycles. The number of hydrogen-bond acceptors (Lipinski definition) is 2. The molecule has 0 amide bonds. The number of hydrogen-bond donors (Lipinski definition) is 1. The predicted octanol–water partition coefficient (Wildman–Crippen LogP) is 2.21. The van der Waals surface area contributed by atoms with Crippen LogP contribution in [0.1, 0.15) is 28.4 Å². The zero-order chi connectivity index (χ0) is 9.30. The van der Waals surface area contributed by atoms with Crippen LogP contribution in [0.4, 0.5) is 0 Å². The third kappa shape index (κ3) is 1.47. The molecule has 1 aromatic rings. The van der Waals surface area contributed by atoms with E-state index in [9.17, 15) is 9.90 Å². The van der Waals surface area contributed by atoms with Crippen molar-refractivity contribution in [3.8, 4) is 5.75 Å². The number of carbonyl (C=O) groups is 1. The topological polar surface area (TPSA) is 37.3 Å². The molecule has 1 rings (SSSR count).